The van der Waals surface area contributed by atoms with E-state index in [4.69, 9.17) is 9.47 Å². The number of amides is 1. The van der Waals surface area contributed by atoms with Crippen LogP contribution in [0.15, 0.2) is 36.7 Å². The summed E-state index contributed by atoms with van der Waals surface area (Å²) < 4.78 is 13.1. The van der Waals surface area contributed by atoms with E-state index in [1.165, 1.54) is 0 Å². The van der Waals surface area contributed by atoms with Crippen molar-refractivity contribution in [1.82, 2.24) is 9.78 Å². The largest absolute Gasteiger partial charge is 0.490 e. The second-order valence-corrected chi connectivity index (χ2v) is 5.68. The minimum absolute atomic E-state index is 0.120. The summed E-state index contributed by atoms with van der Waals surface area (Å²) in [5.41, 5.74) is 1.28. The van der Waals surface area contributed by atoms with E-state index in [-0.39, 0.29) is 12.0 Å². The number of aryl methyl sites for hydroxylation is 1. The quantitative estimate of drug-likeness (QED) is 0.849. The third-order valence-electron chi connectivity index (χ3n) is 3.95. The van der Waals surface area contributed by atoms with Gasteiger partial charge in [-0.25, -0.2) is 0 Å². The first-order valence-corrected chi connectivity index (χ1v) is 7.75. The molecule has 0 radical (unpaired) electrons. The first kappa shape index (κ1) is 15.6. The normalized spacial score (nSPS) is 17.2. The fraction of sp³-hybridized carbons (Fsp3) is 0.412. The molecular formula is C17H21N3O3. The van der Waals surface area contributed by atoms with Crippen LogP contribution in [-0.4, -0.2) is 42.1 Å². The number of aromatic nitrogens is 2. The zero-order valence-corrected chi connectivity index (χ0v) is 13.4. The average molecular weight is 315 g/mol. The number of benzene rings is 1. The molecule has 3 rings (SSSR count). The van der Waals surface area contributed by atoms with Crippen molar-refractivity contribution in [2.45, 2.75) is 18.9 Å². The van der Waals surface area contributed by atoms with Crippen LogP contribution in [0.1, 0.15) is 23.2 Å². The highest BCUT2D eigenvalue weighted by atomic mass is 16.5. The summed E-state index contributed by atoms with van der Waals surface area (Å²) in [7, 11) is 3.55. The molecule has 1 unspecified atom stereocenters. The number of carbonyl (C=O) groups excluding carboxylic acids is 1. The lowest BCUT2D eigenvalue weighted by Gasteiger charge is -2.18. The minimum atomic E-state index is -0.124. The lowest BCUT2D eigenvalue weighted by atomic mass is 10.1. The van der Waals surface area contributed by atoms with Gasteiger partial charge in [-0.3, -0.25) is 9.48 Å². The average Bonchev–Trinajstić information content (AvgIpc) is 3.23. The molecule has 1 amide bonds. The molecule has 1 aliphatic heterocycles. The Kier molecular flexibility index (Phi) is 4.62. The van der Waals surface area contributed by atoms with E-state index in [1.807, 2.05) is 25.2 Å². The van der Waals surface area contributed by atoms with Crippen LogP contribution in [-0.2, 0) is 11.8 Å². The van der Waals surface area contributed by atoms with Gasteiger partial charge in [-0.1, -0.05) is 12.1 Å². The van der Waals surface area contributed by atoms with E-state index >= 15 is 0 Å². The SMILES string of the molecule is CN(C(=O)c1ccccc1OCC1CCCO1)c1cnn(C)c1. The molecule has 122 valence electrons. The number of carbonyl (C=O) groups is 1. The molecule has 0 bridgehead atoms. The van der Waals surface area contributed by atoms with Gasteiger partial charge in [0.15, 0.2) is 0 Å². The number of anilines is 1. The highest BCUT2D eigenvalue weighted by Gasteiger charge is 2.21. The first-order valence-electron chi connectivity index (χ1n) is 7.75. The van der Waals surface area contributed by atoms with Crippen LogP contribution >= 0.6 is 0 Å². The molecule has 1 atom stereocenters. The predicted octanol–water partition coefficient (Wildman–Crippen LogP) is 2.25. The lowest BCUT2D eigenvalue weighted by Crippen LogP contribution is -2.27. The molecule has 6 nitrogen and oxygen atoms in total. The molecule has 2 heterocycles. The molecule has 0 N–H and O–H groups in total. The van der Waals surface area contributed by atoms with Crippen LogP contribution in [0.3, 0.4) is 0 Å². The second kappa shape index (κ2) is 6.83. The molecule has 23 heavy (non-hydrogen) atoms. The predicted molar refractivity (Wildman–Crippen MR) is 86.9 cm³/mol. The Morgan fingerprint density at radius 1 is 1.48 bits per heavy atom. The molecule has 6 heteroatoms. The van der Waals surface area contributed by atoms with Gasteiger partial charge in [-0.2, -0.15) is 5.10 Å². The molecule has 1 saturated heterocycles. The van der Waals surface area contributed by atoms with Crippen LogP contribution in [0.2, 0.25) is 0 Å². The highest BCUT2D eigenvalue weighted by molar-refractivity contribution is 6.07. The van der Waals surface area contributed by atoms with Crippen molar-refractivity contribution < 1.29 is 14.3 Å². The summed E-state index contributed by atoms with van der Waals surface area (Å²) in [6.45, 7) is 1.26. The number of para-hydroxylation sites is 1. The maximum Gasteiger partial charge on any atom is 0.261 e. The molecule has 0 spiro atoms. The summed E-state index contributed by atoms with van der Waals surface area (Å²) in [6, 6.07) is 7.30. The topological polar surface area (TPSA) is 56.6 Å². The van der Waals surface area contributed by atoms with E-state index in [0.29, 0.717) is 17.9 Å². The van der Waals surface area contributed by atoms with E-state index in [0.717, 1.165) is 25.1 Å². The van der Waals surface area contributed by atoms with Gasteiger partial charge in [0.1, 0.15) is 12.4 Å². The summed E-state index contributed by atoms with van der Waals surface area (Å²) in [5.74, 6) is 0.463. The van der Waals surface area contributed by atoms with Crippen LogP contribution < -0.4 is 9.64 Å². The van der Waals surface area contributed by atoms with Gasteiger partial charge < -0.3 is 14.4 Å². The number of ether oxygens (including phenoxy) is 2. The van der Waals surface area contributed by atoms with Crippen molar-refractivity contribution in [2.75, 3.05) is 25.2 Å². The monoisotopic (exact) mass is 315 g/mol. The number of nitrogens with zero attached hydrogens (tertiary/aromatic N) is 3. The summed E-state index contributed by atoms with van der Waals surface area (Å²) in [4.78, 5) is 14.3. The molecule has 1 fully saturated rings. The Morgan fingerprint density at radius 3 is 3.00 bits per heavy atom. The van der Waals surface area contributed by atoms with E-state index in [2.05, 4.69) is 5.10 Å². The van der Waals surface area contributed by atoms with Crippen molar-refractivity contribution >= 4 is 11.6 Å². The zero-order valence-electron chi connectivity index (χ0n) is 13.4. The molecule has 2 aromatic rings. The van der Waals surface area contributed by atoms with E-state index < -0.39 is 0 Å². The number of hydrogen-bond donors (Lipinski definition) is 0. The molecule has 0 saturated carbocycles. The Balaban J connectivity index is 1.74. The van der Waals surface area contributed by atoms with Crippen molar-refractivity contribution in [3.63, 3.8) is 0 Å². The Labute approximate surface area is 135 Å². The minimum Gasteiger partial charge on any atom is -0.490 e. The van der Waals surface area contributed by atoms with Crippen LogP contribution in [0.4, 0.5) is 5.69 Å². The van der Waals surface area contributed by atoms with Gasteiger partial charge in [-0.15, -0.1) is 0 Å². The van der Waals surface area contributed by atoms with E-state index in [9.17, 15) is 4.79 Å². The van der Waals surface area contributed by atoms with Crippen molar-refractivity contribution in [1.29, 1.82) is 0 Å². The van der Waals surface area contributed by atoms with Crippen molar-refractivity contribution in [3.05, 3.63) is 42.2 Å². The lowest BCUT2D eigenvalue weighted by molar-refractivity contribution is 0.0672. The Bertz CT molecular complexity index is 677. The highest BCUT2D eigenvalue weighted by Crippen LogP contribution is 2.23. The van der Waals surface area contributed by atoms with Crippen molar-refractivity contribution in [3.8, 4) is 5.75 Å². The smallest absolute Gasteiger partial charge is 0.261 e. The maximum atomic E-state index is 12.7. The second-order valence-electron chi connectivity index (χ2n) is 5.68. The van der Waals surface area contributed by atoms with Gasteiger partial charge in [-0.05, 0) is 25.0 Å². The fourth-order valence-corrected chi connectivity index (χ4v) is 2.61. The fourth-order valence-electron chi connectivity index (χ4n) is 2.61. The van der Waals surface area contributed by atoms with Crippen LogP contribution in [0, 0.1) is 0 Å². The third kappa shape index (κ3) is 3.53. The van der Waals surface area contributed by atoms with Crippen LogP contribution in [0.5, 0.6) is 5.75 Å². The maximum absolute atomic E-state index is 12.7. The zero-order chi connectivity index (χ0) is 16.2. The molecule has 1 aliphatic rings. The molecular weight excluding hydrogens is 294 g/mol. The summed E-state index contributed by atoms with van der Waals surface area (Å²) >= 11 is 0. The number of hydrogen-bond acceptors (Lipinski definition) is 4. The molecule has 1 aromatic heterocycles. The summed E-state index contributed by atoms with van der Waals surface area (Å²) in [5, 5.41) is 4.10. The van der Waals surface area contributed by atoms with Gasteiger partial charge in [0.2, 0.25) is 0 Å². The standard InChI is InChI=1S/C17H21N3O3/c1-19-11-13(10-18-19)20(2)17(21)15-7-3-4-8-16(15)23-12-14-6-5-9-22-14/h3-4,7-8,10-11,14H,5-6,9,12H2,1-2H3. The van der Waals surface area contributed by atoms with Gasteiger partial charge in [0.05, 0.1) is 23.6 Å². The first-order chi connectivity index (χ1) is 11.1. The Morgan fingerprint density at radius 2 is 2.30 bits per heavy atom. The third-order valence-corrected chi connectivity index (χ3v) is 3.95. The van der Waals surface area contributed by atoms with Crippen molar-refractivity contribution in [2.24, 2.45) is 7.05 Å². The summed E-state index contributed by atoms with van der Waals surface area (Å²) in [6.07, 6.45) is 5.65. The molecule has 0 aliphatic carbocycles. The van der Waals surface area contributed by atoms with Gasteiger partial charge in [0, 0.05) is 26.9 Å². The van der Waals surface area contributed by atoms with Gasteiger partial charge in [0.25, 0.3) is 5.91 Å². The number of rotatable bonds is 5. The van der Waals surface area contributed by atoms with Gasteiger partial charge >= 0.3 is 0 Å². The Hall–Kier alpha value is -2.34. The molecule has 1 aromatic carbocycles. The van der Waals surface area contributed by atoms with Crippen LogP contribution in [0.25, 0.3) is 0 Å². The van der Waals surface area contributed by atoms with E-state index in [1.54, 1.807) is 35.1 Å².